The van der Waals surface area contributed by atoms with Crippen molar-refractivity contribution in [3.63, 3.8) is 0 Å². The van der Waals surface area contributed by atoms with Crippen molar-refractivity contribution >= 4 is 42.4 Å². The fourth-order valence-electron chi connectivity index (χ4n) is 3.41. The van der Waals surface area contributed by atoms with Crippen molar-refractivity contribution in [3.05, 3.63) is 0 Å². The van der Waals surface area contributed by atoms with E-state index in [2.05, 4.69) is 22.6 Å². The Bertz CT molecular complexity index is 132. The molecule has 2 rings (SSSR count). The summed E-state index contributed by atoms with van der Waals surface area (Å²) in [6, 6.07) is 0. The molecule has 0 heterocycles. The Morgan fingerprint density at radius 1 is 0.846 bits per heavy atom. The quantitative estimate of drug-likeness (QED) is 0.382. The van der Waals surface area contributed by atoms with E-state index in [4.69, 9.17) is 0 Å². The first kappa shape index (κ1) is 11.0. The predicted octanol–water partition coefficient (Wildman–Crippen LogP) is 4.08. The fourth-order valence-corrected chi connectivity index (χ4v) is 24.3. The zero-order valence-electron chi connectivity index (χ0n) is 8.47. The average molecular weight is 399 g/mol. The van der Waals surface area contributed by atoms with Gasteiger partial charge in [0.25, 0.3) is 0 Å². The Hall–Kier alpha value is 1.53. The second-order valence-electron chi connectivity index (χ2n) is 4.91. The van der Waals surface area contributed by atoms with Gasteiger partial charge in [-0.1, -0.05) is 0 Å². The van der Waals surface area contributed by atoms with Gasteiger partial charge in [0.05, 0.1) is 0 Å². The third-order valence-electron chi connectivity index (χ3n) is 4.19. The molecule has 0 spiro atoms. The molecule has 0 aliphatic heterocycles. The van der Waals surface area contributed by atoms with Gasteiger partial charge in [0.15, 0.2) is 0 Å². The van der Waals surface area contributed by atoms with Crippen molar-refractivity contribution in [2.45, 2.75) is 59.2 Å². The van der Waals surface area contributed by atoms with Crippen LogP contribution in [0.1, 0.15) is 51.4 Å². The van der Waals surface area contributed by atoms with Gasteiger partial charge in [0.2, 0.25) is 0 Å². The van der Waals surface area contributed by atoms with Crippen molar-refractivity contribution in [1.29, 1.82) is 0 Å². The summed E-state index contributed by atoms with van der Waals surface area (Å²) in [6.07, 6.45) is 12.8. The van der Waals surface area contributed by atoms with Gasteiger partial charge in [-0.25, -0.2) is 0 Å². The van der Waals surface area contributed by atoms with Crippen LogP contribution in [0, 0.1) is 0 Å². The van der Waals surface area contributed by atoms with Crippen molar-refractivity contribution in [2.75, 3.05) is 2.44 Å². The Balaban J connectivity index is 1.90. The van der Waals surface area contributed by atoms with Crippen molar-refractivity contribution in [3.8, 4) is 0 Å². The maximum absolute atomic E-state index is 2.72. The second-order valence-corrected chi connectivity index (χ2v) is 20.9. The van der Waals surface area contributed by atoms with Gasteiger partial charge in [0, 0.05) is 0 Å². The molecule has 0 aromatic rings. The molecule has 0 aromatic heterocycles. The molecule has 2 aliphatic rings. The number of rotatable bonds is 3. The molecular formula is C11H21ISn. The summed E-state index contributed by atoms with van der Waals surface area (Å²) in [5.41, 5.74) is 0. The van der Waals surface area contributed by atoms with Crippen LogP contribution in [0.3, 0.4) is 0 Å². The molecule has 2 saturated carbocycles. The summed E-state index contributed by atoms with van der Waals surface area (Å²) in [7, 11) is 0. The molecule has 0 nitrogen and oxygen atoms in total. The number of alkyl halides is 1. The second kappa shape index (κ2) is 5.57. The summed E-state index contributed by atoms with van der Waals surface area (Å²) in [5, 5.41) is 0. The molecule has 0 N–H and O–H groups in total. The van der Waals surface area contributed by atoms with Gasteiger partial charge in [-0.15, -0.1) is 0 Å². The van der Waals surface area contributed by atoms with Gasteiger partial charge in [-0.05, 0) is 0 Å². The van der Waals surface area contributed by atoms with Crippen LogP contribution in [0.15, 0.2) is 0 Å². The van der Waals surface area contributed by atoms with Crippen LogP contribution in [-0.2, 0) is 0 Å². The molecule has 0 atom stereocenters. The summed E-state index contributed by atoms with van der Waals surface area (Å²) in [6.45, 7) is 0. The number of halogens is 1. The molecule has 0 bridgehead atoms. The van der Waals surface area contributed by atoms with Gasteiger partial charge < -0.3 is 0 Å². The van der Waals surface area contributed by atoms with Gasteiger partial charge in [0.1, 0.15) is 0 Å². The van der Waals surface area contributed by atoms with E-state index in [9.17, 15) is 0 Å². The van der Waals surface area contributed by atoms with Gasteiger partial charge in [-0.3, -0.25) is 0 Å². The first-order chi connectivity index (χ1) is 6.42. The first-order valence-corrected chi connectivity index (χ1v) is 13.6. The van der Waals surface area contributed by atoms with Crippen LogP contribution in [0.25, 0.3) is 0 Å². The Kier molecular flexibility index (Phi) is 4.72. The Morgan fingerprint density at radius 2 is 1.23 bits per heavy atom. The van der Waals surface area contributed by atoms with E-state index in [1.807, 2.05) is 0 Å². The van der Waals surface area contributed by atoms with Crippen molar-refractivity contribution in [2.24, 2.45) is 0 Å². The van der Waals surface area contributed by atoms with Crippen LogP contribution in [0.4, 0.5) is 0 Å². The summed E-state index contributed by atoms with van der Waals surface area (Å²) in [4.78, 5) is 0. The van der Waals surface area contributed by atoms with E-state index in [0.29, 0.717) is 0 Å². The SMILES string of the molecule is I[CH2][SnH]([CH]1CCCC1)[CH]1CCCC1. The molecule has 2 fully saturated rings. The molecule has 2 aliphatic carbocycles. The van der Waals surface area contributed by atoms with Crippen LogP contribution in [-0.4, -0.2) is 22.2 Å². The van der Waals surface area contributed by atoms with Crippen LogP contribution in [0.5, 0.6) is 0 Å². The minimum atomic E-state index is -1.06. The van der Waals surface area contributed by atoms with Gasteiger partial charge in [-0.2, -0.15) is 0 Å². The normalized spacial score (nSPS) is 26.3. The Labute approximate surface area is 103 Å². The van der Waals surface area contributed by atoms with E-state index in [0.717, 1.165) is 0 Å². The average Bonchev–Trinajstić information content (AvgIpc) is 2.76. The molecule has 0 aromatic carbocycles. The molecule has 0 saturated heterocycles. The third-order valence-corrected chi connectivity index (χ3v) is 22.7. The van der Waals surface area contributed by atoms with Gasteiger partial charge >= 0.3 is 104 Å². The molecular weight excluding hydrogens is 378 g/mol. The third kappa shape index (κ3) is 2.76. The van der Waals surface area contributed by atoms with E-state index >= 15 is 0 Å². The molecule has 0 amide bonds. The monoisotopic (exact) mass is 400 g/mol. The number of hydrogen-bond donors (Lipinski definition) is 0. The van der Waals surface area contributed by atoms with E-state index in [1.165, 1.54) is 7.87 Å². The topological polar surface area (TPSA) is 0 Å². The molecule has 76 valence electrons. The zero-order chi connectivity index (χ0) is 9.10. The Morgan fingerprint density at radius 3 is 1.54 bits per heavy atom. The first-order valence-electron chi connectivity index (χ1n) is 5.98. The van der Waals surface area contributed by atoms with E-state index < -0.39 is 19.8 Å². The molecule has 0 radical (unpaired) electrons. The standard InChI is InChI=1S/2C5H9.CH2I.Sn.H/c2*1-2-4-5-3-1;1-2;;/h2*1H,2-5H2;1H2;;. The molecule has 2 heteroatoms. The van der Waals surface area contributed by atoms with Crippen molar-refractivity contribution in [1.82, 2.24) is 0 Å². The summed E-state index contributed by atoms with van der Waals surface area (Å²) >= 11 is 1.66. The fraction of sp³-hybridized carbons (Fsp3) is 1.00. The zero-order valence-corrected chi connectivity index (χ0v) is 13.9. The molecule has 0 unspecified atom stereocenters. The van der Waals surface area contributed by atoms with Crippen LogP contribution < -0.4 is 0 Å². The van der Waals surface area contributed by atoms with E-state index in [-0.39, 0.29) is 0 Å². The summed E-state index contributed by atoms with van der Waals surface area (Å²) in [5.74, 6) is 0. The van der Waals surface area contributed by atoms with Crippen LogP contribution >= 0.6 is 22.6 Å². The van der Waals surface area contributed by atoms with Crippen molar-refractivity contribution < 1.29 is 0 Å². The molecule has 13 heavy (non-hydrogen) atoms. The predicted molar refractivity (Wildman–Crippen MR) is 70.5 cm³/mol. The maximum atomic E-state index is 2.72. The van der Waals surface area contributed by atoms with E-state index in [1.54, 1.807) is 53.8 Å². The van der Waals surface area contributed by atoms with Crippen LogP contribution in [0.2, 0.25) is 7.87 Å². The summed E-state index contributed by atoms with van der Waals surface area (Å²) < 4.78 is 4.28. The minimum absolute atomic E-state index is 1.06. The number of hydrogen-bond acceptors (Lipinski definition) is 0.